The molecule has 198 valence electrons. The van der Waals surface area contributed by atoms with Gasteiger partial charge in [-0.05, 0) is 82.2 Å². The minimum absolute atomic E-state index is 0.858. The summed E-state index contributed by atoms with van der Waals surface area (Å²) in [7, 11) is 0. The quantitative estimate of drug-likeness (QED) is 0.218. The molecular formula is C39H26N2O. The van der Waals surface area contributed by atoms with Crippen molar-refractivity contribution in [2.45, 2.75) is 0 Å². The molecule has 3 nitrogen and oxygen atoms in total. The maximum atomic E-state index is 6.45. The van der Waals surface area contributed by atoms with Gasteiger partial charge in [0.05, 0.1) is 0 Å². The van der Waals surface area contributed by atoms with Gasteiger partial charge in [0.1, 0.15) is 11.2 Å². The lowest BCUT2D eigenvalue weighted by atomic mass is 10.0. The van der Waals surface area contributed by atoms with Crippen molar-refractivity contribution in [1.82, 2.24) is 4.98 Å². The molecule has 2 aromatic heterocycles. The van der Waals surface area contributed by atoms with Crippen LogP contribution in [0.3, 0.4) is 0 Å². The number of benzene rings is 6. The van der Waals surface area contributed by atoms with E-state index in [4.69, 9.17) is 4.42 Å². The first-order chi connectivity index (χ1) is 20.8. The Morgan fingerprint density at radius 3 is 1.90 bits per heavy atom. The summed E-state index contributed by atoms with van der Waals surface area (Å²) in [6.45, 7) is 0. The SMILES string of the molecule is c1ccc(-c2ccc(N(c3cccc(-c4ccccc4)c3)c3ccc4c(c3)oc3ccc5cnccc5c34)cc2)cc1. The first-order valence-electron chi connectivity index (χ1n) is 14.1. The number of furan rings is 1. The van der Waals surface area contributed by atoms with Crippen molar-refractivity contribution in [2.75, 3.05) is 4.90 Å². The molecule has 0 amide bonds. The molecule has 8 rings (SSSR count). The number of hydrogen-bond donors (Lipinski definition) is 0. The van der Waals surface area contributed by atoms with E-state index in [-0.39, 0.29) is 0 Å². The van der Waals surface area contributed by atoms with E-state index in [0.717, 1.165) is 49.8 Å². The lowest BCUT2D eigenvalue weighted by Gasteiger charge is -2.26. The normalized spacial score (nSPS) is 11.3. The Morgan fingerprint density at radius 2 is 1.12 bits per heavy atom. The number of hydrogen-bond acceptors (Lipinski definition) is 3. The Labute approximate surface area is 243 Å². The van der Waals surface area contributed by atoms with Gasteiger partial charge in [0.15, 0.2) is 0 Å². The van der Waals surface area contributed by atoms with Gasteiger partial charge in [-0.3, -0.25) is 4.98 Å². The van der Waals surface area contributed by atoms with Gasteiger partial charge in [-0.1, -0.05) is 84.9 Å². The monoisotopic (exact) mass is 538 g/mol. The van der Waals surface area contributed by atoms with Crippen molar-refractivity contribution in [3.63, 3.8) is 0 Å². The Bertz CT molecular complexity index is 2180. The van der Waals surface area contributed by atoms with Crippen molar-refractivity contribution in [1.29, 1.82) is 0 Å². The summed E-state index contributed by atoms with van der Waals surface area (Å²) in [6.07, 6.45) is 3.75. The Balaban J connectivity index is 1.30. The second-order valence-electron chi connectivity index (χ2n) is 10.5. The topological polar surface area (TPSA) is 29.3 Å². The minimum atomic E-state index is 0.858. The molecule has 0 N–H and O–H groups in total. The number of rotatable bonds is 5. The van der Waals surface area contributed by atoms with E-state index in [0.29, 0.717) is 0 Å². The molecule has 0 aliphatic heterocycles. The smallest absolute Gasteiger partial charge is 0.137 e. The molecule has 0 bridgehead atoms. The second kappa shape index (κ2) is 10.1. The van der Waals surface area contributed by atoms with E-state index in [1.165, 1.54) is 22.3 Å². The predicted molar refractivity (Wildman–Crippen MR) is 175 cm³/mol. The highest BCUT2D eigenvalue weighted by Crippen LogP contribution is 2.41. The standard InChI is InChI=1S/C39H26N2O/c1-3-8-27(9-4-1)29-14-17-32(18-15-29)41(33-13-7-12-30(24-33)28-10-5-2-6-11-28)34-19-20-36-38(25-34)42-37-21-16-31-26-40-23-22-35(31)39(36)37/h1-26H. The van der Waals surface area contributed by atoms with Gasteiger partial charge >= 0.3 is 0 Å². The zero-order valence-electron chi connectivity index (χ0n) is 22.8. The van der Waals surface area contributed by atoms with E-state index >= 15 is 0 Å². The molecule has 6 aromatic carbocycles. The van der Waals surface area contributed by atoms with Crippen molar-refractivity contribution < 1.29 is 4.42 Å². The molecule has 0 fully saturated rings. The van der Waals surface area contributed by atoms with Crippen LogP contribution in [0.25, 0.3) is 55.0 Å². The van der Waals surface area contributed by atoms with E-state index in [2.05, 4.69) is 143 Å². The first-order valence-corrected chi connectivity index (χ1v) is 14.1. The van der Waals surface area contributed by atoms with Gasteiger partial charge in [-0.15, -0.1) is 0 Å². The Kier molecular flexibility index (Phi) is 5.79. The average Bonchev–Trinajstić information content (AvgIpc) is 3.45. The number of fused-ring (bicyclic) bond motifs is 5. The van der Waals surface area contributed by atoms with Crippen LogP contribution in [0.2, 0.25) is 0 Å². The fourth-order valence-electron chi connectivity index (χ4n) is 5.91. The molecule has 42 heavy (non-hydrogen) atoms. The fourth-order valence-corrected chi connectivity index (χ4v) is 5.91. The molecule has 0 radical (unpaired) electrons. The second-order valence-corrected chi connectivity index (χ2v) is 10.5. The van der Waals surface area contributed by atoms with Gasteiger partial charge in [0, 0.05) is 51.7 Å². The number of pyridine rings is 1. The van der Waals surface area contributed by atoms with E-state index in [9.17, 15) is 0 Å². The van der Waals surface area contributed by atoms with E-state index < -0.39 is 0 Å². The van der Waals surface area contributed by atoms with Crippen LogP contribution in [-0.4, -0.2) is 4.98 Å². The van der Waals surface area contributed by atoms with Crippen LogP contribution in [-0.2, 0) is 0 Å². The molecular weight excluding hydrogens is 512 g/mol. The lowest BCUT2D eigenvalue weighted by Crippen LogP contribution is -2.10. The molecule has 0 unspecified atom stereocenters. The number of aromatic nitrogens is 1. The van der Waals surface area contributed by atoms with Crippen LogP contribution in [0.4, 0.5) is 17.1 Å². The number of anilines is 3. The summed E-state index contributed by atoms with van der Waals surface area (Å²) in [5.74, 6) is 0. The van der Waals surface area contributed by atoms with Crippen molar-refractivity contribution >= 4 is 49.8 Å². The molecule has 8 aromatic rings. The third kappa shape index (κ3) is 4.20. The molecule has 0 aliphatic carbocycles. The van der Waals surface area contributed by atoms with Crippen LogP contribution < -0.4 is 4.90 Å². The highest BCUT2D eigenvalue weighted by atomic mass is 16.3. The van der Waals surface area contributed by atoms with Crippen LogP contribution in [0.15, 0.2) is 162 Å². The zero-order chi connectivity index (χ0) is 27.9. The highest BCUT2D eigenvalue weighted by Gasteiger charge is 2.17. The van der Waals surface area contributed by atoms with E-state index in [1.807, 2.05) is 24.5 Å². The third-order valence-corrected chi connectivity index (χ3v) is 7.94. The fraction of sp³-hybridized carbons (Fsp3) is 0. The van der Waals surface area contributed by atoms with Crippen LogP contribution in [0.1, 0.15) is 0 Å². The summed E-state index contributed by atoms with van der Waals surface area (Å²) < 4.78 is 6.45. The van der Waals surface area contributed by atoms with Gasteiger partial charge < -0.3 is 9.32 Å². The van der Waals surface area contributed by atoms with Crippen molar-refractivity contribution in [2.24, 2.45) is 0 Å². The predicted octanol–water partition coefficient (Wildman–Crippen LogP) is 10.9. The summed E-state index contributed by atoms with van der Waals surface area (Å²) >= 11 is 0. The summed E-state index contributed by atoms with van der Waals surface area (Å²) in [4.78, 5) is 6.61. The van der Waals surface area contributed by atoms with Crippen molar-refractivity contribution in [3.8, 4) is 22.3 Å². The average molecular weight is 539 g/mol. The largest absolute Gasteiger partial charge is 0.456 e. The van der Waals surface area contributed by atoms with Crippen molar-refractivity contribution in [3.05, 3.63) is 158 Å². The molecule has 0 spiro atoms. The maximum absolute atomic E-state index is 6.45. The van der Waals surface area contributed by atoms with E-state index in [1.54, 1.807) is 0 Å². The van der Waals surface area contributed by atoms with Gasteiger partial charge in [-0.25, -0.2) is 0 Å². The highest BCUT2D eigenvalue weighted by molar-refractivity contribution is 6.19. The Morgan fingerprint density at radius 1 is 0.452 bits per heavy atom. The van der Waals surface area contributed by atoms with Gasteiger partial charge in [0.25, 0.3) is 0 Å². The molecule has 3 heteroatoms. The first kappa shape index (κ1) is 24.2. The van der Waals surface area contributed by atoms with Crippen LogP contribution in [0, 0.1) is 0 Å². The summed E-state index contributed by atoms with van der Waals surface area (Å²) in [6, 6.07) is 51.2. The molecule has 0 saturated carbocycles. The van der Waals surface area contributed by atoms with Crippen LogP contribution >= 0.6 is 0 Å². The summed E-state index contributed by atoms with van der Waals surface area (Å²) in [5, 5.41) is 4.48. The molecule has 2 heterocycles. The number of nitrogens with zero attached hydrogens (tertiary/aromatic N) is 2. The van der Waals surface area contributed by atoms with Crippen LogP contribution in [0.5, 0.6) is 0 Å². The maximum Gasteiger partial charge on any atom is 0.137 e. The zero-order valence-corrected chi connectivity index (χ0v) is 22.8. The molecule has 0 aliphatic rings. The summed E-state index contributed by atoms with van der Waals surface area (Å²) in [5.41, 5.74) is 9.67. The molecule has 0 atom stereocenters. The molecule has 0 saturated heterocycles. The van der Waals surface area contributed by atoms with Gasteiger partial charge in [-0.2, -0.15) is 0 Å². The third-order valence-electron chi connectivity index (χ3n) is 7.94. The Hall–Kier alpha value is -5.67. The van der Waals surface area contributed by atoms with Gasteiger partial charge in [0.2, 0.25) is 0 Å². The lowest BCUT2D eigenvalue weighted by molar-refractivity contribution is 0.669. The minimum Gasteiger partial charge on any atom is -0.456 e.